The van der Waals surface area contributed by atoms with E-state index in [0.29, 0.717) is 10.6 Å². The van der Waals surface area contributed by atoms with Crippen molar-refractivity contribution in [2.24, 2.45) is 5.92 Å². The average molecular weight is 285 g/mol. The number of aromatic nitrogens is 2. The van der Waals surface area contributed by atoms with Gasteiger partial charge in [-0.3, -0.25) is 9.59 Å². The topological polar surface area (TPSA) is 92.2 Å². The Bertz CT molecular complexity index is 457. The summed E-state index contributed by atoms with van der Waals surface area (Å²) in [6.45, 7) is 7.62. The maximum atomic E-state index is 12.2. The van der Waals surface area contributed by atoms with E-state index >= 15 is 0 Å². The van der Waals surface area contributed by atoms with Crippen molar-refractivity contribution in [1.82, 2.24) is 14.9 Å². The number of carbonyl (C=O) groups excluding carboxylic acids is 1. The lowest BCUT2D eigenvalue weighted by Crippen LogP contribution is -2.40. The molecule has 7 heteroatoms. The molecule has 0 aliphatic carbocycles. The van der Waals surface area contributed by atoms with Crippen LogP contribution in [0.5, 0.6) is 0 Å². The molecule has 19 heavy (non-hydrogen) atoms. The van der Waals surface area contributed by atoms with Gasteiger partial charge in [-0.1, -0.05) is 32.2 Å². The minimum atomic E-state index is -0.925. The number of aliphatic carboxylic acids is 1. The minimum Gasteiger partial charge on any atom is -0.481 e. The monoisotopic (exact) mass is 285 g/mol. The first-order chi connectivity index (χ1) is 8.82. The van der Waals surface area contributed by atoms with Crippen LogP contribution in [0.4, 0.5) is 0 Å². The molecular formula is C12H19N3O3S. The van der Waals surface area contributed by atoms with E-state index in [9.17, 15) is 9.59 Å². The first-order valence-corrected chi connectivity index (χ1v) is 6.95. The van der Waals surface area contributed by atoms with Gasteiger partial charge in [0.1, 0.15) is 4.88 Å². The largest absolute Gasteiger partial charge is 0.481 e. The summed E-state index contributed by atoms with van der Waals surface area (Å²) in [4.78, 5) is 23.4. The summed E-state index contributed by atoms with van der Waals surface area (Å²) in [6, 6.07) is -0.396. The fourth-order valence-corrected chi connectivity index (χ4v) is 2.33. The van der Waals surface area contributed by atoms with E-state index in [1.165, 1.54) is 0 Å². The standard InChI is InChI=1S/C12H19N3O3S/c1-6(2)8(5-9(16)17)13-12(18)11-10(7(3)4)14-15-19-11/h6-8H,5H2,1-4H3,(H,13,18)(H,16,17). The molecule has 1 heterocycles. The van der Waals surface area contributed by atoms with Crippen LogP contribution < -0.4 is 5.32 Å². The molecular weight excluding hydrogens is 266 g/mol. The minimum absolute atomic E-state index is 0.0448. The van der Waals surface area contributed by atoms with Gasteiger partial charge in [-0.25, -0.2) is 0 Å². The van der Waals surface area contributed by atoms with Crippen molar-refractivity contribution < 1.29 is 14.7 Å². The SMILES string of the molecule is CC(C)c1nnsc1C(=O)NC(CC(=O)O)C(C)C. The predicted molar refractivity (Wildman–Crippen MR) is 72.3 cm³/mol. The van der Waals surface area contributed by atoms with Crippen LogP contribution in [0.2, 0.25) is 0 Å². The highest BCUT2D eigenvalue weighted by molar-refractivity contribution is 7.08. The molecule has 106 valence electrons. The molecule has 0 aliphatic rings. The Labute approximate surface area is 116 Å². The summed E-state index contributed by atoms with van der Waals surface area (Å²) in [5.74, 6) is -1.07. The summed E-state index contributed by atoms with van der Waals surface area (Å²) in [5, 5.41) is 15.5. The Kier molecular flexibility index (Phi) is 5.41. The third-order valence-corrected chi connectivity index (χ3v) is 3.52. The van der Waals surface area contributed by atoms with E-state index in [4.69, 9.17) is 5.11 Å². The third kappa shape index (κ3) is 4.27. The van der Waals surface area contributed by atoms with Crippen LogP contribution in [0.15, 0.2) is 0 Å². The number of nitrogens with zero attached hydrogens (tertiary/aromatic N) is 2. The van der Waals surface area contributed by atoms with E-state index in [1.807, 2.05) is 27.7 Å². The van der Waals surface area contributed by atoms with Crippen LogP contribution in [0.1, 0.15) is 55.4 Å². The van der Waals surface area contributed by atoms with Crippen LogP contribution in [-0.4, -0.2) is 32.6 Å². The van der Waals surface area contributed by atoms with E-state index in [1.54, 1.807) is 0 Å². The summed E-state index contributed by atoms with van der Waals surface area (Å²) >= 11 is 1.04. The van der Waals surface area contributed by atoms with Crippen LogP contribution in [0, 0.1) is 5.92 Å². The van der Waals surface area contributed by atoms with Crippen molar-refractivity contribution in [3.8, 4) is 0 Å². The molecule has 0 saturated heterocycles. The summed E-state index contributed by atoms with van der Waals surface area (Å²) in [6.07, 6.45) is -0.0906. The zero-order chi connectivity index (χ0) is 14.6. The number of carboxylic acids is 1. The molecule has 1 atom stereocenters. The predicted octanol–water partition coefficient (Wildman–Crippen LogP) is 1.89. The van der Waals surface area contributed by atoms with E-state index in [-0.39, 0.29) is 24.2 Å². The highest BCUT2D eigenvalue weighted by Crippen LogP contribution is 2.20. The van der Waals surface area contributed by atoms with Crippen LogP contribution >= 0.6 is 11.5 Å². The van der Waals surface area contributed by atoms with Gasteiger partial charge >= 0.3 is 5.97 Å². The molecule has 0 aliphatic heterocycles. The molecule has 6 nitrogen and oxygen atoms in total. The number of hydrogen-bond acceptors (Lipinski definition) is 5. The highest BCUT2D eigenvalue weighted by Gasteiger charge is 2.24. The zero-order valence-electron chi connectivity index (χ0n) is 11.5. The lowest BCUT2D eigenvalue weighted by Gasteiger charge is -2.20. The molecule has 0 bridgehead atoms. The number of nitrogens with one attached hydrogen (secondary N) is 1. The van der Waals surface area contributed by atoms with E-state index in [2.05, 4.69) is 14.9 Å². The van der Waals surface area contributed by atoms with Crippen molar-refractivity contribution in [2.45, 2.75) is 46.1 Å². The zero-order valence-corrected chi connectivity index (χ0v) is 12.3. The quantitative estimate of drug-likeness (QED) is 0.832. The number of carbonyl (C=O) groups is 2. The molecule has 1 aromatic rings. The van der Waals surface area contributed by atoms with Gasteiger partial charge in [-0.2, -0.15) is 0 Å². The summed E-state index contributed by atoms with van der Waals surface area (Å²) in [7, 11) is 0. The first-order valence-electron chi connectivity index (χ1n) is 6.17. The Hall–Kier alpha value is -1.50. The third-order valence-electron chi connectivity index (χ3n) is 2.78. The van der Waals surface area contributed by atoms with Crippen molar-refractivity contribution in [1.29, 1.82) is 0 Å². The van der Waals surface area contributed by atoms with Gasteiger partial charge in [0, 0.05) is 6.04 Å². The normalized spacial score (nSPS) is 12.7. The molecule has 0 radical (unpaired) electrons. The van der Waals surface area contributed by atoms with Gasteiger partial charge in [0.15, 0.2) is 0 Å². The van der Waals surface area contributed by atoms with Crippen molar-refractivity contribution in [2.75, 3.05) is 0 Å². The molecule has 1 aromatic heterocycles. The lowest BCUT2D eigenvalue weighted by molar-refractivity contribution is -0.137. The number of carboxylic acid groups (broad SMARTS) is 1. The lowest BCUT2D eigenvalue weighted by atomic mass is 10.0. The van der Waals surface area contributed by atoms with Gasteiger partial charge < -0.3 is 10.4 Å². The molecule has 1 unspecified atom stereocenters. The van der Waals surface area contributed by atoms with Crippen molar-refractivity contribution >= 4 is 23.4 Å². The molecule has 2 N–H and O–H groups in total. The van der Waals surface area contributed by atoms with Crippen LogP contribution in [0.3, 0.4) is 0 Å². The second-order valence-corrected chi connectivity index (χ2v) is 5.82. The average Bonchev–Trinajstić information content (AvgIpc) is 2.76. The van der Waals surface area contributed by atoms with Gasteiger partial charge in [-0.15, -0.1) is 5.10 Å². The Morgan fingerprint density at radius 2 is 1.95 bits per heavy atom. The van der Waals surface area contributed by atoms with Gasteiger partial charge in [0.05, 0.1) is 12.1 Å². The van der Waals surface area contributed by atoms with Gasteiger partial charge in [-0.05, 0) is 23.4 Å². The Morgan fingerprint density at radius 3 is 2.42 bits per heavy atom. The smallest absolute Gasteiger partial charge is 0.305 e. The molecule has 0 fully saturated rings. The Balaban J connectivity index is 2.82. The second kappa shape index (κ2) is 6.60. The number of hydrogen-bond donors (Lipinski definition) is 2. The van der Waals surface area contributed by atoms with Crippen LogP contribution in [-0.2, 0) is 4.79 Å². The molecule has 1 amide bonds. The van der Waals surface area contributed by atoms with Gasteiger partial charge in [0.25, 0.3) is 5.91 Å². The molecule has 0 spiro atoms. The molecule has 1 rings (SSSR count). The maximum Gasteiger partial charge on any atom is 0.305 e. The second-order valence-electron chi connectivity index (χ2n) is 5.06. The first kappa shape index (κ1) is 15.6. The van der Waals surface area contributed by atoms with Crippen molar-refractivity contribution in [3.05, 3.63) is 10.6 Å². The molecule has 0 aromatic carbocycles. The fraction of sp³-hybridized carbons (Fsp3) is 0.667. The summed E-state index contributed by atoms with van der Waals surface area (Å²) in [5.41, 5.74) is 0.653. The fourth-order valence-electron chi connectivity index (χ4n) is 1.61. The van der Waals surface area contributed by atoms with Crippen molar-refractivity contribution in [3.63, 3.8) is 0 Å². The maximum absolute atomic E-state index is 12.2. The van der Waals surface area contributed by atoms with E-state index in [0.717, 1.165) is 11.5 Å². The number of amides is 1. The number of rotatable bonds is 6. The highest BCUT2D eigenvalue weighted by atomic mass is 32.1. The van der Waals surface area contributed by atoms with Crippen LogP contribution in [0.25, 0.3) is 0 Å². The molecule has 0 saturated carbocycles. The van der Waals surface area contributed by atoms with Gasteiger partial charge in [0.2, 0.25) is 0 Å². The van der Waals surface area contributed by atoms with E-state index < -0.39 is 12.0 Å². The Morgan fingerprint density at radius 1 is 1.32 bits per heavy atom. The summed E-state index contributed by atoms with van der Waals surface area (Å²) < 4.78 is 3.79.